The van der Waals surface area contributed by atoms with Crippen LogP contribution in [0.15, 0.2) is 34.9 Å². The van der Waals surface area contributed by atoms with Gasteiger partial charge in [-0.15, -0.1) is 0 Å². The summed E-state index contributed by atoms with van der Waals surface area (Å²) in [5, 5.41) is 3.87. The van der Waals surface area contributed by atoms with Crippen LogP contribution in [0.3, 0.4) is 0 Å². The molecule has 0 atom stereocenters. The molecule has 0 saturated carbocycles. The van der Waals surface area contributed by atoms with Gasteiger partial charge in [-0.3, -0.25) is 9.59 Å². The lowest BCUT2D eigenvalue weighted by Crippen LogP contribution is -2.53. The number of aromatic nitrogens is 1. The SMILES string of the molecule is CN1CCN(c2ccccc2-c2cc(N)on2)C(=O)C1=O. The topological polar surface area (TPSA) is 92.7 Å². The van der Waals surface area contributed by atoms with Crippen LogP contribution >= 0.6 is 0 Å². The third-order valence-corrected chi connectivity index (χ3v) is 3.43. The predicted molar refractivity (Wildman–Crippen MR) is 76.3 cm³/mol. The molecular formula is C14H14N4O3. The zero-order valence-corrected chi connectivity index (χ0v) is 11.4. The average Bonchev–Trinajstić information content (AvgIpc) is 2.92. The first-order valence-electron chi connectivity index (χ1n) is 6.46. The molecule has 2 aromatic rings. The fourth-order valence-corrected chi connectivity index (χ4v) is 2.30. The van der Waals surface area contributed by atoms with E-state index >= 15 is 0 Å². The molecule has 1 aliphatic heterocycles. The maximum atomic E-state index is 12.2. The minimum atomic E-state index is -0.548. The van der Waals surface area contributed by atoms with E-state index in [-0.39, 0.29) is 5.88 Å². The Morgan fingerprint density at radius 1 is 1.19 bits per heavy atom. The number of piperazine rings is 1. The number of carbonyl (C=O) groups is 2. The van der Waals surface area contributed by atoms with Crippen LogP contribution in [0.5, 0.6) is 0 Å². The molecule has 1 saturated heterocycles. The highest BCUT2D eigenvalue weighted by atomic mass is 16.5. The van der Waals surface area contributed by atoms with Crippen molar-refractivity contribution in [2.75, 3.05) is 30.8 Å². The third-order valence-electron chi connectivity index (χ3n) is 3.43. The highest BCUT2D eigenvalue weighted by Crippen LogP contribution is 2.31. The molecule has 1 aromatic carbocycles. The van der Waals surface area contributed by atoms with Crippen molar-refractivity contribution >= 4 is 23.4 Å². The molecule has 7 nitrogen and oxygen atoms in total. The molecule has 7 heteroatoms. The molecule has 21 heavy (non-hydrogen) atoms. The zero-order valence-electron chi connectivity index (χ0n) is 11.4. The Labute approximate surface area is 120 Å². The maximum Gasteiger partial charge on any atom is 0.316 e. The van der Waals surface area contributed by atoms with Crippen LogP contribution in [-0.4, -0.2) is 42.0 Å². The number of carbonyl (C=O) groups excluding carboxylic acids is 2. The van der Waals surface area contributed by atoms with E-state index < -0.39 is 11.8 Å². The fraction of sp³-hybridized carbons (Fsp3) is 0.214. The van der Waals surface area contributed by atoms with Gasteiger partial charge in [0.1, 0.15) is 5.69 Å². The summed E-state index contributed by atoms with van der Waals surface area (Å²) in [6.07, 6.45) is 0. The molecule has 0 bridgehead atoms. The predicted octanol–water partition coefficient (Wildman–Crippen LogP) is 0.729. The highest BCUT2D eigenvalue weighted by Gasteiger charge is 2.32. The van der Waals surface area contributed by atoms with Gasteiger partial charge in [0.05, 0.1) is 5.69 Å². The van der Waals surface area contributed by atoms with Gasteiger partial charge >= 0.3 is 11.8 Å². The van der Waals surface area contributed by atoms with Crippen LogP contribution in [0, 0.1) is 0 Å². The number of amides is 2. The van der Waals surface area contributed by atoms with Crippen LogP contribution in [0.25, 0.3) is 11.3 Å². The van der Waals surface area contributed by atoms with Crippen LogP contribution in [-0.2, 0) is 9.59 Å². The molecule has 2 heterocycles. The summed E-state index contributed by atoms with van der Waals surface area (Å²) < 4.78 is 4.88. The Hall–Kier alpha value is -2.83. The van der Waals surface area contributed by atoms with Gasteiger partial charge in [-0.05, 0) is 6.07 Å². The first-order valence-corrected chi connectivity index (χ1v) is 6.46. The molecule has 3 rings (SSSR count). The Bertz CT molecular complexity index is 710. The van der Waals surface area contributed by atoms with Crippen molar-refractivity contribution in [1.82, 2.24) is 10.1 Å². The summed E-state index contributed by atoms with van der Waals surface area (Å²) in [6.45, 7) is 0.922. The Balaban J connectivity index is 2.03. The first-order chi connectivity index (χ1) is 10.1. The van der Waals surface area contributed by atoms with Crippen molar-refractivity contribution in [2.24, 2.45) is 0 Å². The van der Waals surface area contributed by atoms with Gasteiger partial charge in [0, 0.05) is 31.8 Å². The van der Waals surface area contributed by atoms with Crippen molar-refractivity contribution in [3.63, 3.8) is 0 Å². The lowest BCUT2D eigenvalue weighted by molar-refractivity contribution is -0.145. The largest absolute Gasteiger partial charge is 0.368 e. The molecule has 0 radical (unpaired) electrons. The number of hydrogen-bond acceptors (Lipinski definition) is 5. The fourth-order valence-electron chi connectivity index (χ4n) is 2.30. The lowest BCUT2D eigenvalue weighted by Gasteiger charge is -2.32. The standard InChI is InChI=1S/C14H14N4O3/c1-17-6-7-18(14(20)13(17)19)11-5-3-2-4-9(11)10-8-12(15)21-16-10/h2-5,8H,6-7,15H2,1H3. The van der Waals surface area contributed by atoms with Crippen molar-refractivity contribution < 1.29 is 14.1 Å². The second-order valence-corrected chi connectivity index (χ2v) is 4.82. The van der Waals surface area contributed by atoms with Crippen LogP contribution in [0.4, 0.5) is 11.6 Å². The van der Waals surface area contributed by atoms with E-state index in [4.69, 9.17) is 10.3 Å². The number of nitrogen functional groups attached to an aromatic ring is 1. The van der Waals surface area contributed by atoms with Gasteiger partial charge < -0.3 is 20.1 Å². The van der Waals surface area contributed by atoms with Gasteiger partial charge in [-0.1, -0.05) is 23.4 Å². The number of nitrogens with two attached hydrogens (primary N) is 1. The second kappa shape index (κ2) is 4.93. The molecule has 1 fully saturated rings. The number of likely N-dealkylation sites (N-methyl/N-ethyl adjacent to an activating group) is 1. The number of hydrogen-bond donors (Lipinski definition) is 1. The second-order valence-electron chi connectivity index (χ2n) is 4.82. The van der Waals surface area contributed by atoms with Crippen molar-refractivity contribution in [3.05, 3.63) is 30.3 Å². The Morgan fingerprint density at radius 3 is 2.67 bits per heavy atom. The maximum absolute atomic E-state index is 12.2. The molecule has 0 spiro atoms. The van der Waals surface area contributed by atoms with Crippen LogP contribution in [0.1, 0.15) is 0 Å². The summed E-state index contributed by atoms with van der Waals surface area (Å²) in [6, 6.07) is 8.80. The van der Waals surface area contributed by atoms with Gasteiger partial charge in [-0.25, -0.2) is 0 Å². The molecule has 1 aromatic heterocycles. The first kappa shape index (κ1) is 13.2. The van der Waals surface area contributed by atoms with Crippen LogP contribution in [0.2, 0.25) is 0 Å². The molecule has 0 unspecified atom stereocenters. The minimum absolute atomic E-state index is 0.195. The Morgan fingerprint density at radius 2 is 1.95 bits per heavy atom. The number of benzene rings is 1. The molecule has 0 aliphatic carbocycles. The third kappa shape index (κ3) is 2.22. The summed E-state index contributed by atoms with van der Waals surface area (Å²) in [5.41, 5.74) is 7.39. The van der Waals surface area contributed by atoms with Gasteiger partial charge in [-0.2, -0.15) is 0 Å². The van der Waals surface area contributed by atoms with Gasteiger partial charge in [0.15, 0.2) is 0 Å². The van der Waals surface area contributed by atoms with Gasteiger partial charge in [0.25, 0.3) is 0 Å². The monoisotopic (exact) mass is 286 g/mol. The quantitative estimate of drug-likeness (QED) is 0.821. The normalized spacial score (nSPS) is 15.7. The van der Waals surface area contributed by atoms with E-state index in [0.717, 1.165) is 0 Å². The molecular weight excluding hydrogens is 272 g/mol. The smallest absolute Gasteiger partial charge is 0.316 e. The number of nitrogens with zero attached hydrogens (tertiary/aromatic N) is 3. The molecule has 2 amide bonds. The Kier molecular flexibility index (Phi) is 3.09. The summed E-state index contributed by atoms with van der Waals surface area (Å²) in [7, 11) is 1.61. The summed E-state index contributed by atoms with van der Waals surface area (Å²) in [5.74, 6) is -0.871. The van der Waals surface area contributed by atoms with Crippen molar-refractivity contribution in [2.45, 2.75) is 0 Å². The van der Waals surface area contributed by atoms with E-state index in [1.807, 2.05) is 12.1 Å². The van der Waals surface area contributed by atoms with E-state index in [2.05, 4.69) is 5.16 Å². The summed E-state index contributed by atoms with van der Waals surface area (Å²) >= 11 is 0. The van der Waals surface area contributed by atoms with E-state index in [0.29, 0.717) is 30.0 Å². The minimum Gasteiger partial charge on any atom is -0.368 e. The van der Waals surface area contributed by atoms with Gasteiger partial charge in [0.2, 0.25) is 5.88 Å². The lowest BCUT2D eigenvalue weighted by atomic mass is 10.1. The number of rotatable bonds is 2. The van der Waals surface area contributed by atoms with Crippen LogP contribution < -0.4 is 10.6 Å². The summed E-state index contributed by atoms with van der Waals surface area (Å²) in [4.78, 5) is 26.9. The zero-order chi connectivity index (χ0) is 15.0. The van der Waals surface area contributed by atoms with Crippen molar-refractivity contribution in [1.29, 1.82) is 0 Å². The molecule has 2 N–H and O–H groups in total. The molecule has 1 aliphatic rings. The highest BCUT2D eigenvalue weighted by molar-refractivity contribution is 6.41. The number of para-hydroxylation sites is 1. The van der Waals surface area contributed by atoms with E-state index in [1.54, 1.807) is 25.2 Å². The average molecular weight is 286 g/mol. The van der Waals surface area contributed by atoms with Crippen molar-refractivity contribution in [3.8, 4) is 11.3 Å². The number of anilines is 2. The molecule has 108 valence electrons. The van der Waals surface area contributed by atoms with E-state index in [1.165, 1.54) is 9.80 Å². The van der Waals surface area contributed by atoms with E-state index in [9.17, 15) is 9.59 Å².